The summed E-state index contributed by atoms with van der Waals surface area (Å²) in [6, 6.07) is 0. The summed E-state index contributed by atoms with van der Waals surface area (Å²) in [4.78, 5) is 8.97. The Kier molecular flexibility index (Phi) is 6.89. The number of aliphatic hydroxyl groups is 1. The van der Waals surface area contributed by atoms with E-state index < -0.39 is 0 Å². The maximum atomic E-state index is 9.66. The molecular formula is C16H30N4O. The summed E-state index contributed by atoms with van der Waals surface area (Å²) >= 11 is 0. The van der Waals surface area contributed by atoms with Crippen LogP contribution < -0.4 is 10.6 Å². The number of nitrogens with zero attached hydrogens (tertiary/aromatic N) is 2. The largest absolute Gasteiger partial charge is 0.396 e. The van der Waals surface area contributed by atoms with Gasteiger partial charge < -0.3 is 15.7 Å². The predicted octanol–water partition coefficient (Wildman–Crippen LogP) is 3.13. The smallest absolute Gasteiger partial charge is 0.134 e. The minimum Gasteiger partial charge on any atom is -0.396 e. The molecule has 120 valence electrons. The molecule has 3 N–H and O–H groups in total. The van der Waals surface area contributed by atoms with Gasteiger partial charge in [-0.3, -0.25) is 0 Å². The lowest BCUT2D eigenvalue weighted by Gasteiger charge is -2.30. The van der Waals surface area contributed by atoms with Crippen molar-refractivity contribution in [3.63, 3.8) is 0 Å². The van der Waals surface area contributed by atoms with Crippen molar-refractivity contribution in [1.29, 1.82) is 0 Å². The Hall–Kier alpha value is -1.36. The number of anilines is 2. The molecule has 1 aromatic heterocycles. The van der Waals surface area contributed by atoms with Crippen LogP contribution in [0.3, 0.4) is 0 Å². The molecule has 0 saturated carbocycles. The number of hydrogen-bond donors (Lipinski definition) is 3. The standard InChI is InChI=1S/C16H30N4O/c1-6-9-17-14-12(4)15(20-13(5)19-14)18-10-16(7-2,8-3)11-21/h21H,6-11H2,1-5H3,(H2,17,18,19,20). The number of aliphatic hydroxyl groups excluding tert-OH is 1. The van der Waals surface area contributed by atoms with Gasteiger partial charge in [-0.05, 0) is 33.1 Å². The molecule has 0 radical (unpaired) electrons. The third-order valence-electron chi connectivity index (χ3n) is 4.27. The molecule has 5 nitrogen and oxygen atoms in total. The van der Waals surface area contributed by atoms with E-state index in [9.17, 15) is 5.11 Å². The van der Waals surface area contributed by atoms with E-state index in [0.717, 1.165) is 55.4 Å². The SMILES string of the molecule is CCCNc1nc(C)nc(NCC(CC)(CC)CO)c1C. The number of hydrogen-bond acceptors (Lipinski definition) is 5. The fourth-order valence-corrected chi connectivity index (χ4v) is 2.27. The minimum atomic E-state index is -0.0810. The van der Waals surface area contributed by atoms with Crippen LogP contribution in [-0.4, -0.2) is 34.8 Å². The zero-order valence-corrected chi connectivity index (χ0v) is 14.1. The lowest BCUT2D eigenvalue weighted by Crippen LogP contribution is -2.32. The minimum absolute atomic E-state index is 0.0810. The summed E-state index contributed by atoms with van der Waals surface area (Å²) < 4.78 is 0. The first kappa shape index (κ1) is 17.7. The highest BCUT2D eigenvalue weighted by Crippen LogP contribution is 2.27. The third kappa shape index (κ3) is 4.56. The second-order valence-electron chi connectivity index (χ2n) is 5.74. The van der Waals surface area contributed by atoms with Crippen molar-refractivity contribution < 1.29 is 5.11 Å². The monoisotopic (exact) mass is 294 g/mol. The number of aryl methyl sites for hydroxylation is 1. The van der Waals surface area contributed by atoms with E-state index in [1.165, 1.54) is 0 Å². The highest BCUT2D eigenvalue weighted by molar-refractivity contribution is 5.57. The maximum Gasteiger partial charge on any atom is 0.134 e. The topological polar surface area (TPSA) is 70.1 Å². The molecule has 0 aliphatic rings. The average Bonchev–Trinajstić information content (AvgIpc) is 2.50. The van der Waals surface area contributed by atoms with Crippen LogP contribution in [0.1, 0.15) is 51.4 Å². The molecule has 1 heterocycles. The Morgan fingerprint density at radius 1 is 1.00 bits per heavy atom. The van der Waals surface area contributed by atoms with Crippen LogP contribution in [0.4, 0.5) is 11.6 Å². The average molecular weight is 294 g/mol. The van der Waals surface area contributed by atoms with Gasteiger partial charge in [0.15, 0.2) is 0 Å². The van der Waals surface area contributed by atoms with Gasteiger partial charge in [-0.15, -0.1) is 0 Å². The third-order valence-corrected chi connectivity index (χ3v) is 4.27. The lowest BCUT2D eigenvalue weighted by molar-refractivity contribution is 0.127. The Bertz CT molecular complexity index is 436. The van der Waals surface area contributed by atoms with Crippen molar-refractivity contribution in [3.8, 4) is 0 Å². The molecule has 0 aliphatic carbocycles. The molecule has 1 aromatic rings. The fraction of sp³-hybridized carbons (Fsp3) is 0.750. The molecule has 0 unspecified atom stereocenters. The molecule has 21 heavy (non-hydrogen) atoms. The summed E-state index contributed by atoms with van der Waals surface area (Å²) in [5, 5.41) is 16.4. The van der Waals surface area contributed by atoms with E-state index in [-0.39, 0.29) is 12.0 Å². The van der Waals surface area contributed by atoms with Crippen molar-refractivity contribution in [3.05, 3.63) is 11.4 Å². The van der Waals surface area contributed by atoms with Gasteiger partial charge in [0.05, 0.1) is 6.61 Å². The molecule has 5 heteroatoms. The maximum absolute atomic E-state index is 9.66. The zero-order valence-electron chi connectivity index (χ0n) is 14.1. The first-order chi connectivity index (χ1) is 10.0. The highest BCUT2D eigenvalue weighted by atomic mass is 16.3. The molecule has 0 saturated heterocycles. The first-order valence-corrected chi connectivity index (χ1v) is 7.95. The van der Waals surface area contributed by atoms with Crippen LogP contribution in [-0.2, 0) is 0 Å². The fourth-order valence-electron chi connectivity index (χ4n) is 2.27. The van der Waals surface area contributed by atoms with Crippen molar-refractivity contribution in [2.75, 3.05) is 30.3 Å². The van der Waals surface area contributed by atoms with Gasteiger partial charge >= 0.3 is 0 Å². The molecule has 0 aliphatic heterocycles. The summed E-state index contributed by atoms with van der Waals surface area (Å²) in [5.74, 6) is 2.51. The summed E-state index contributed by atoms with van der Waals surface area (Å²) in [6.07, 6.45) is 2.94. The number of aromatic nitrogens is 2. The van der Waals surface area contributed by atoms with Crippen molar-refractivity contribution >= 4 is 11.6 Å². The van der Waals surface area contributed by atoms with E-state index in [0.29, 0.717) is 0 Å². The molecule has 0 fully saturated rings. The second kappa shape index (κ2) is 8.17. The Morgan fingerprint density at radius 2 is 1.57 bits per heavy atom. The van der Waals surface area contributed by atoms with Gasteiger partial charge in [0.2, 0.25) is 0 Å². The second-order valence-corrected chi connectivity index (χ2v) is 5.74. The summed E-state index contributed by atoms with van der Waals surface area (Å²) in [5.41, 5.74) is 0.954. The van der Waals surface area contributed by atoms with Gasteiger partial charge in [-0.1, -0.05) is 20.8 Å². The Morgan fingerprint density at radius 3 is 2.05 bits per heavy atom. The van der Waals surface area contributed by atoms with Crippen molar-refractivity contribution in [2.45, 2.75) is 53.9 Å². The molecule has 0 bridgehead atoms. The molecule has 0 atom stereocenters. The summed E-state index contributed by atoms with van der Waals surface area (Å²) in [7, 11) is 0. The quantitative estimate of drug-likeness (QED) is 0.653. The molecule has 1 rings (SSSR count). The number of rotatable bonds is 9. The number of nitrogens with one attached hydrogen (secondary N) is 2. The molecule has 0 amide bonds. The Balaban J connectivity index is 2.90. The summed E-state index contributed by atoms with van der Waals surface area (Å²) in [6.45, 7) is 12.1. The van der Waals surface area contributed by atoms with E-state index in [2.05, 4.69) is 41.4 Å². The van der Waals surface area contributed by atoms with Crippen molar-refractivity contribution in [2.24, 2.45) is 5.41 Å². The van der Waals surface area contributed by atoms with Gasteiger partial charge in [0.25, 0.3) is 0 Å². The van der Waals surface area contributed by atoms with E-state index in [4.69, 9.17) is 0 Å². The van der Waals surface area contributed by atoms with Gasteiger partial charge in [-0.25, -0.2) is 9.97 Å². The molecule has 0 aromatic carbocycles. The van der Waals surface area contributed by atoms with Crippen LogP contribution in [0.25, 0.3) is 0 Å². The zero-order chi connectivity index (χ0) is 15.9. The van der Waals surface area contributed by atoms with Crippen molar-refractivity contribution in [1.82, 2.24) is 9.97 Å². The van der Waals surface area contributed by atoms with E-state index in [1.807, 2.05) is 13.8 Å². The normalized spacial score (nSPS) is 11.5. The van der Waals surface area contributed by atoms with Crippen LogP contribution in [0.5, 0.6) is 0 Å². The van der Waals surface area contributed by atoms with Crippen LogP contribution in [0.2, 0.25) is 0 Å². The van der Waals surface area contributed by atoms with Gasteiger partial charge in [0, 0.05) is 24.1 Å². The van der Waals surface area contributed by atoms with Crippen LogP contribution in [0, 0.1) is 19.3 Å². The molecule has 0 spiro atoms. The lowest BCUT2D eigenvalue weighted by atomic mass is 9.83. The predicted molar refractivity (Wildman–Crippen MR) is 88.9 cm³/mol. The Labute approximate surface area is 128 Å². The van der Waals surface area contributed by atoms with Crippen LogP contribution >= 0.6 is 0 Å². The van der Waals surface area contributed by atoms with E-state index in [1.54, 1.807) is 0 Å². The highest BCUT2D eigenvalue weighted by Gasteiger charge is 2.25. The van der Waals surface area contributed by atoms with E-state index >= 15 is 0 Å². The molecular weight excluding hydrogens is 264 g/mol. The van der Waals surface area contributed by atoms with Gasteiger partial charge in [-0.2, -0.15) is 0 Å². The first-order valence-electron chi connectivity index (χ1n) is 7.95. The van der Waals surface area contributed by atoms with Gasteiger partial charge in [0.1, 0.15) is 17.5 Å². The van der Waals surface area contributed by atoms with Crippen LogP contribution in [0.15, 0.2) is 0 Å².